The zero-order chi connectivity index (χ0) is 15.7. The first kappa shape index (κ1) is 16.0. The van der Waals surface area contributed by atoms with Gasteiger partial charge in [0, 0.05) is 29.6 Å². The van der Waals surface area contributed by atoms with Crippen molar-refractivity contribution in [3.8, 4) is 0 Å². The Kier molecular flexibility index (Phi) is 4.73. The van der Waals surface area contributed by atoms with E-state index in [2.05, 4.69) is 15.9 Å². The third-order valence-corrected chi connectivity index (χ3v) is 4.63. The van der Waals surface area contributed by atoms with Crippen molar-refractivity contribution in [2.24, 2.45) is 0 Å². The Morgan fingerprint density at radius 1 is 1.43 bits per heavy atom. The summed E-state index contributed by atoms with van der Waals surface area (Å²) in [6, 6.07) is 3.27. The topological polar surface area (TPSA) is 74.7 Å². The van der Waals surface area contributed by atoms with Crippen molar-refractivity contribution in [2.75, 3.05) is 11.4 Å². The van der Waals surface area contributed by atoms with Crippen LogP contribution in [0.4, 0.5) is 5.69 Å². The molecule has 7 heteroatoms. The van der Waals surface area contributed by atoms with E-state index < -0.39 is 5.97 Å². The summed E-state index contributed by atoms with van der Waals surface area (Å²) in [4.78, 5) is 36.3. The lowest BCUT2D eigenvalue weighted by Gasteiger charge is -2.21. The lowest BCUT2D eigenvalue weighted by Crippen LogP contribution is -2.28. The molecule has 0 aliphatic carbocycles. The van der Waals surface area contributed by atoms with Gasteiger partial charge in [-0.3, -0.25) is 9.59 Å². The van der Waals surface area contributed by atoms with Crippen molar-refractivity contribution >= 4 is 50.4 Å². The van der Waals surface area contributed by atoms with Crippen LogP contribution in [0, 0.1) is 6.92 Å². The fraction of sp³-hybridized carbons (Fsp3) is 0.357. The Hall–Kier alpha value is -1.34. The van der Waals surface area contributed by atoms with Crippen LogP contribution in [0.25, 0.3) is 0 Å². The Morgan fingerprint density at radius 2 is 2.10 bits per heavy atom. The second-order valence-corrected chi connectivity index (χ2v) is 7.26. The minimum Gasteiger partial charge on any atom is -0.478 e. The van der Waals surface area contributed by atoms with Crippen molar-refractivity contribution in [2.45, 2.75) is 25.5 Å². The third kappa shape index (κ3) is 3.47. The largest absolute Gasteiger partial charge is 0.478 e. The van der Waals surface area contributed by atoms with Crippen LogP contribution < -0.4 is 4.90 Å². The summed E-state index contributed by atoms with van der Waals surface area (Å²) >= 11 is 4.40. The van der Waals surface area contributed by atoms with E-state index in [9.17, 15) is 19.5 Å². The van der Waals surface area contributed by atoms with Gasteiger partial charge in [-0.1, -0.05) is 27.7 Å². The quantitative estimate of drug-likeness (QED) is 0.883. The first-order valence-corrected chi connectivity index (χ1v) is 7.98. The van der Waals surface area contributed by atoms with Gasteiger partial charge in [-0.05, 0) is 24.6 Å². The van der Waals surface area contributed by atoms with E-state index in [1.54, 1.807) is 13.0 Å². The molecule has 1 atom stereocenters. The average Bonchev–Trinajstić information content (AvgIpc) is 2.67. The summed E-state index contributed by atoms with van der Waals surface area (Å²) in [6.45, 7) is 3.59. The number of carbonyl (C=O) groups is 3. The Bertz CT molecular complexity index is 632. The first-order chi connectivity index (χ1) is 9.79. The molecule has 21 heavy (non-hydrogen) atoms. The molecule has 1 heterocycles. The average molecular weight is 372 g/mol. The number of hydrogen-bond acceptors (Lipinski definition) is 4. The molecule has 2 rings (SSSR count). The zero-order valence-corrected chi connectivity index (χ0v) is 14.0. The summed E-state index contributed by atoms with van der Waals surface area (Å²) in [7, 11) is 0. The molecule has 5 nitrogen and oxygen atoms in total. The number of benzene rings is 1. The van der Waals surface area contributed by atoms with Gasteiger partial charge in [-0.2, -0.15) is 0 Å². The molecule has 0 bridgehead atoms. The van der Waals surface area contributed by atoms with Gasteiger partial charge in [0.1, 0.15) is 0 Å². The van der Waals surface area contributed by atoms with Crippen LogP contribution in [0.2, 0.25) is 0 Å². The van der Waals surface area contributed by atoms with E-state index in [0.29, 0.717) is 22.3 Å². The molecular formula is C14H14BrNO4S. The van der Waals surface area contributed by atoms with E-state index in [0.717, 1.165) is 11.8 Å². The van der Waals surface area contributed by atoms with Crippen molar-refractivity contribution in [1.82, 2.24) is 0 Å². The third-order valence-electron chi connectivity index (χ3n) is 3.19. The van der Waals surface area contributed by atoms with Crippen LogP contribution in [0.1, 0.15) is 29.3 Å². The van der Waals surface area contributed by atoms with Crippen molar-refractivity contribution < 1.29 is 19.5 Å². The minimum atomic E-state index is -1.08. The number of aromatic carboxylic acids is 1. The number of hydrogen-bond donors (Lipinski definition) is 1. The Morgan fingerprint density at radius 3 is 2.67 bits per heavy atom. The highest BCUT2D eigenvalue weighted by Gasteiger charge is 2.34. The number of carboxylic acid groups (broad SMARTS) is 1. The maximum Gasteiger partial charge on any atom is 0.337 e. The van der Waals surface area contributed by atoms with Gasteiger partial charge in [-0.25, -0.2) is 4.79 Å². The summed E-state index contributed by atoms with van der Waals surface area (Å²) in [5, 5.41) is 9.19. The Labute approximate surface area is 134 Å². The number of carboxylic acids is 1. The molecule has 0 spiro atoms. The summed E-state index contributed by atoms with van der Waals surface area (Å²) in [5.74, 6) is -1.23. The van der Waals surface area contributed by atoms with E-state index >= 15 is 0 Å². The zero-order valence-electron chi connectivity index (χ0n) is 11.6. The highest BCUT2D eigenvalue weighted by molar-refractivity contribution is 9.10. The second kappa shape index (κ2) is 6.19. The van der Waals surface area contributed by atoms with Crippen LogP contribution in [-0.4, -0.2) is 33.9 Å². The number of nitrogens with zero attached hydrogens (tertiary/aromatic N) is 1. The first-order valence-electron chi connectivity index (χ1n) is 6.30. The number of anilines is 1. The summed E-state index contributed by atoms with van der Waals surface area (Å²) in [5.41, 5.74) is 1.22. The van der Waals surface area contributed by atoms with Crippen LogP contribution in [0.15, 0.2) is 16.6 Å². The number of rotatable bonds is 3. The van der Waals surface area contributed by atoms with Gasteiger partial charge >= 0.3 is 5.97 Å². The van der Waals surface area contributed by atoms with E-state index in [4.69, 9.17) is 0 Å². The second-order valence-electron chi connectivity index (χ2n) is 4.86. The lowest BCUT2D eigenvalue weighted by molar-refractivity contribution is -0.117. The standard InChI is InChI=1S/C14H14BrNO4S/c1-7-3-9(15)4-11(14(19)20)13(7)16-6-10(5-12(16)18)21-8(2)17/h3-4,10H,5-6H2,1-2H3,(H,19,20). The number of halogens is 1. The molecule has 1 amide bonds. The molecule has 1 saturated heterocycles. The fourth-order valence-electron chi connectivity index (χ4n) is 2.46. The molecule has 112 valence electrons. The SMILES string of the molecule is CC(=O)SC1CC(=O)N(c2c(C)cc(Br)cc2C(=O)O)C1. The highest BCUT2D eigenvalue weighted by Crippen LogP contribution is 2.34. The van der Waals surface area contributed by atoms with Crippen LogP contribution in [0.5, 0.6) is 0 Å². The normalized spacial score (nSPS) is 18.1. The van der Waals surface area contributed by atoms with Crippen LogP contribution >= 0.6 is 27.7 Å². The van der Waals surface area contributed by atoms with E-state index in [1.165, 1.54) is 17.9 Å². The predicted octanol–water partition coefficient (Wildman–Crippen LogP) is 2.84. The molecule has 0 aromatic heterocycles. The lowest BCUT2D eigenvalue weighted by atomic mass is 10.1. The summed E-state index contributed by atoms with van der Waals surface area (Å²) < 4.78 is 0.655. The van der Waals surface area contributed by atoms with Gasteiger partial charge < -0.3 is 10.0 Å². The molecule has 1 unspecified atom stereocenters. The number of aryl methyl sites for hydroxylation is 1. The molecule has 1 fully saturated rings. The number of amides is 1. The monoisotopic (exact) mass is 371 g/mol. The molecule has 1 aromatic rings. The van der Waals surface area contributed by atoms with E-state index in [-0.39, 0.29) is 28.3 Å². The Balaban J connectivity index is 2.40. The van der Waals surface area contributed by atoms with Crippen molar-refractivity contribution in [3.05, 3.63) is 27.7 Å². The fourth-order valence-corrected chi connectivity index (χ4v) is 3.95. The van der Waals surface area contributed by atoms with Gasteiger partial charge in [-0.15, -0.1) is 0 Å². The van der Waals surface area contributed by atoms with Gasteiger partial charge in [0.05, 0.1) is 11.3 Å². The predicted molar refractivity (Wildman–Crippen MR) is 84.9 cm³/mol. The molecule has 1 aliphatic heterocycles. The molecule has 1 aliphatic rings. The minimum absolute atomic E-state index is 0.0411. The molecule has 0 saturated carbocycles. The maximum atomic E-state index is 12.2. The van der Waals surface area contributed by atoms with Crippen molar-refractivity contribution in [3.63, 3.8) is 0 Å². The van der Waals surface area contributed by atoms with E-state index in [1.807, 2.05) is 0 Å². The number of carbonyl (C=O) groups excluding carboxylic acids is 2. The molecule has 1 aromatic carbocycles. The van der Waals surface area contributed by atoms with Crippen molar-refractivity contribution in [1.29, 1.82) is 0 Å². The van der Waals surface area contributed by atoms with Gasteiger partial charge in [0.2, 0.25) is 5.91 Å². The van der Waals surface area contributed by atoms with Crippen LogP contribution in [0.3, 0.4) is 0 Å². The molecule has 0 radical (unpaired) electrons. The van der Waals surface area contributed by atoms with Gasteiger partial charge in [0.15, 0.2) is 5.12 Å². The van der Waals surface area contributed by atoms with Crippen LogP contribution in [-0.2, 0) is 9.59 Å². The molecular weight excluding hydrogens is 358 g/mol. The maximum absolute atomic E-state index is 12.2. The highest BCUT2D eigenvalue weighted by atomic mass is 79.9. The van der Waals surface area contributed by atoms with Gasteiger partial charge in [0.25, 0.3) is 0 Å². The smallest absolute Gasteiger partial charge is 0.337 e. The number of thioether (sulfide) groups is 1. The molecule has 1 N–H and O–H groups in total. The summed E-state index contributed by atoms with van der Waals surface area (Å²) in [6.07, 6.45) is 0.249.